The molecule has 2 aromatic carbocycles. The Hall–Kier alpha value is -3.52. The predicted molar refractivity (Wildman–Crippen MR) is 108 cm³/mol. The van der Waals surface area contributed by atoms with Gasteiger partial charge in [-0.25, -0.2) is 4.39 Å². The van der Waals surface area contributed by atoms with E-state index < -0.39 is 5.91 Å². The number of aromatic hydroxyl groups is 1. The van der Waals surface area contributed by atoms with Gasteiger partial charge in [-0.05, 0) is 35.7 Å². The fourth-order valence-electron chi connectivity index (χ4n) is 3.78. The van der Waals surface area contributed by atoms with Crippen LogP contribution in [0.5, 0.6) is 5.75 Å². The van der Waals surface area contributed by atoms with Gasteiger partial charge in [-0.1, -0.05) is 12.1 Å². The summed E-state index contributed by atoms with van der Waals surface area (Å²) < 4.78 is 13.2. The van der Waals surface area contributed by atoms with E-state index in [1.807, 2.05) is 0 Å². The van der Waals surface area contributed by atoms with Crippen LogP contribution in [0.1, 0.15) is 37.4 Å². The van der Waals surface area contributed by atoms with Crippen molar-refractivity contribution in [3.8, 4) is 5.75 Å². The third-order valence-corrected chi connectivity index (χ3v) is 5.18. The van der Waals surface area contributed by atoms with Crippen molar-refractivity contribution in [3.63, 3.8) is 0 Å². The van der Waals surface area contributed by atoms with Gasteiger partial charge in [-0.2, -0.15) is 0 Å². The van der Waals surface area contributed by atoms with Crippen LogP contribution in [0, 0.1) is 5.82 Å². The SMILES string of the molecule is CN1Cc2c(c(O)c3ncc(Cc4ccc(F)cc4)cc3c2C(=O)NCCO)C1=O. The molecule has 2 heterocycles. The van der Waals surface area contributed by atoms with Crippen LogP contribution in [-0.4, -0.2) is 52.1 Å². The molecular formula is C22H20FN3O4. The number of carbonyl (C=O) groups is 2. The van der Waals surface area contributed by atoms with Gasteiger partial charge in [-0.3, -0.25) is 14.6 Å². The number of aromatic nitrogens is 1. The molecule has 0 unspecified atom stereocenters. The number of rotatable bonds is 5. The van der Waals surface area contributed by atoms with E-state index in [2.05, 4.69) is 10.3 Å². The van der Waals surface area contributed by atoms with Gasteiger partial charge in [0, 0.05) is 37.3 Å². The zero-order valence-corrected chi connectivity index (χ0v) is 16.3. The van der Waals surface area contributed by atoms with Crippen molar-refractivity contribution in [2.24, 2.45) is 0 Å². The Morgan fingerprint density at radius 1 is 1.27 bits per heavy atom. The van der Waals surface area contributed by atoms with Crippen LogP contribution in [0.25, 0.3) is 10.9 Å². The number of carbonyl (C=O) groups excluding carboxylic acids is 2. The minimum Gasteiger partial charge on any atom is -0.505 e. The van der Waals surface area contributed by atoms with Gasteiger partial charge in [0.25, 0.3) is 11.8 Å². The van der Waals surface area contributed by atoms with Crippen LogP contribution < -0.4 is 5.32 Å². The van der Waals surface area contributed by atoms with Gasteiger partial charge in [-0.15, -0.1) is 0 Å². The summed E-state index contributed by atoms with van der Waals surface area (Å²) in [5.74, 6) is -1.40. The second-order valence-corrected chi connectivity index (χ2v) is 7.26. The van der Waals surface area contributed by atoms with E-state index in [1.54, 1.807) is 31.4 Å². The number of benzene rings is 2. The largest absolute Gasteiger partial charge is 0.505 e. The molecule has 3 N–H and O–H groups in total. The number of nitrogens with one attached hydrogen (secondary N) is 1. The van der Waals surface area contributed by atoms with Gasteiger partial charge in [0.05, 0.1) is 17.7 Å². The number of fused-ring (bicyclic) bond motifs is 2. The summed E-state index contributed by atoms with van der Waals surface area (Å²) in [6.07, 6.45) is 2.02. The fraction of sp³-hybridized carbons (Fsp3) is 0.227. The van der Waals surface area contributed by atoms with Gasteiger partial charge in [0.2, 0.25) is 0 Å². The highest BCUT2D eigenvalue weighted by atomic mass is 19.1. The lowest BCUT2D eigenvalue weighted by Crippen LogP contribution is -2.28. The summed E-state index contributed by atoms with van der Waals surface area (Å²) in [4.78, 5) is 31.2. The monoisotopic (exact) mass is 409 g/mol. The number of halogens is 1. The minimum atomic E-state index is -0.450. The lowest BCUT2D eigenvalue weighted by Gasteiger charge is -2.14. The third-order valence-electron chi connectivity index (χ3n) is 5.18. The van der Waals surface area contributed by atoms with Crippen LogP contribution in [-0.2, 0) is 13.0 Å². The number of pyridine rings is 1. The van der Waals surface area contributed by atoms with Crippen molar-refractivity contribution in [1.29, 1.82) is 0 Å². The summed E-state index contributed by atoms with van der Waals surface area (Å²) in [6.45, 7) is 0.0149. The van der Waals surface area contributed by atoms with E-state index in [0.717, 1.165) is 11.1 Å². The van der Waals surface area contributed by atoms with Crippen LogP contribution in [0.3, 0.4) is 0 Å². The summed E-state index contributed by atoms with van der Waals surface area (Å²) in [7, 11) is 1.59. The maximum atomic E-state index is 13.2. The molecule has 3 aromatic rings. The van der Waals surface area contributed by atoms with Crippen molar-refractivity contribution >= 4 is 22.7 Å². The first-order valence-electron chi connectivity index (χ1n) is 9.46. The summed E-state index contributed by atoms with van der Waals surface area (Å²) in [5, 5.41) is 22.8. The normalized spacial score (nSPS) is 13.0. The number of nitrogens with zero attached hydrogens (tertiary/aromatic N) is 2. The number of amides is 2. The molecule has 1 aliphatic heterocycles. The molecule has 8 heteroatoms. The molecule has 4 rings (SSSR count). The van der Waals surface area contributed by atoms with Crippen LogP contribution in [0.15, 0.2) is 36.5 Å². The number of hydrogen-bond acceptors (Lipinski definition) is 5. The Morgan fingerprint density at radius 3 is 2.70 bits per heavy atom. The first-order chi connectivity index (χ1) is 14.4. The van der Waals surface area contributed by atoms with Gasteiger partial charge in [0.1, 0.15) is 11.3 Å². The second kappa shape index (κ2) is 7.72. The minimum absolute atomic E-state index is 0.0580. The van der Waals surface area contributed by atoms with Crippen molar-refractivity contribution in [2.45, 2.75) is 13.0 Å². The van der Waals surface area contributed by atoms with E-state index in [0.29, 0.717) is 17.4 Å². The fourth-order valence-corrected chi connectivity index (χ4v) is 3.78. The molecule has 1 aliphatic rings. The number of phenols is 1. The lowest BCUT2D eigenvalue weighted by molar-refractivity contribution is 0.0813. The Balaban J connectivity index is 1.88. The maximum absolute atomic E-state index is 13.2. The molecule has 0 fully saturated rings. The number of aliphatic hydroxyl groups excluding tert-OH is 1. The first-order valence-corrected chi connectivity index (χ1v) is 9.46. The Morgan fingerprint density at radius 2 is 2.00 bits per heavy atom. The highest BCUT2D eigenvalue weighted by Crippen LogP contribution is 2.39. The predicted octanol–water partition coefficient (Wildman–Crippen LogP) is 1.98. The van der Waals surface area contributed by atoms with Crippen molar-refractivity contribution in [1.82, 2.24) is 15.2 Å². The molecule has 0 saturated carbocycles. The van der Waals surface area contributed by atoms with Crippen molar-refractivity contribution in [3.05, 3.63) is 70.2 Å². The lowest BCUT2D eigenvalue weighted by atomic mass is 9.94. The highest BCUT2D eigenvalue weighted by Gasteiger charge is 2.35. The quantitative estimate of drug-likeness (QED) is 0.598. The molecule has 0 saturated heterocycles. The Labute approximate surface area is 171 Å². The first kappa shape index (κ1) is 19.8. The molecule has 0 spiro atoms. The van der Waals surface area contributed by atoms with E-state index in [-0.39, 0.29) is 53.8 Å². The molecule has 0 atom stereocenters. The molecule has 2 amide bonds. The van der Waals surface area contributed by atoms with Crippen molar-refractivity contribution < 1.29 is 24.2 Å². The van der Waals surface area contributed by atoms with Crippen molar-refractivity contribution in [2.75, 3.05) is 20.2 Å². The summed E-state index contributed by atoms with van der Waals surface area (Å²) in [6, 6.07) is 7.84. The van der Waals surface area contributed by atoms with E-state index in [9.17, 15) is 19.1 Å². The van der Waals surface area contributed by atoms with Gasteiger partial charge in [0.15, 0.2) is 5.75 Å². The van der Waals surface area contributed by atoms with E-state index in [1.165, 1.54) is 17.0 Å². The Kier molecular flexibility index (Phi) is 5.09. The topological polar surface area (TPSA) is 103 Å². The third kappa shape index (κ3) is 3.35. The summed E-state index contributed by atoms with van der Waals surface area (Å²) in [5.41, 5.74) is 2.57. The Bertz CT molecular complexity index is 1160. The van der Waals surface area contributed by atoms with Crippen LogP contribution in [0.2, 0.25) is 0 Å². The van der Waals surface area contributed by atoms with Gasteiger partial charge >= 0.3 is 0 Å². The average Bonchev–Trinajstić information content (AvgIpc) is 3.02. The molecule has 0 bridgehead atoms. The zero-order chi connectivity index (χ0) is 21.4. The molecular weight excluding hydrogens is 389 g/mol. The van der Waals surface area contributed by atoms with E-state index >= 15 is 0 Å². The molecule has 30 heavy (non-hydrogen) atoms. The summed E-state index contributed by atoms with van der Waals surface area (Å²) >= 11 is 0. The van der Waals surface area contributed by atoms with Crippen LogP contribution >= 0.6 is 0 Å². The van der Waals surface area contributed by atoms with Crippen LogP contribution in [0.4, 0.5) is 4.39 Å². The highest BCUT2D eigenvalue weighted by molar-refractivity contribution is 6.15. The molecule has 7 nitrogen and oxygen atoms in total. The van der Waals surface area contributed by atoms with Gasteiger partial charge < -0.3 is 20.4 Å². The standard InChI is InChI=1S/C22H20FN3O4/c1-26-11-16-17(21(29)24-6-7-27)15-9-13(8-12-2-4-14(23)5-3-12)10-25-19(15)20(28)18(16)22(26)30/h2-5,9-10,27-28H,6-8,11H2,1H3,(H,24,29). The smallest absolute Gasteiger partial charge is 0.258 e. The number of hydrogen-bond donors (Lipinski definition) is 3. The zero-order valence-electron chi connectivity index (χ0n) is 16.3. The molecule has 0 radical (unpaired) electrons. The molecule has 154 valence electrons. The number of aliphatic hydroxyl groups is 1. The second-order valence-electron chi connectivity index (χ2n) is 7.26. The van der Waals surface area contributed by atoms with E-state index in [4.69, 9.17) is 5.11 Å². The average molecular weight is 409 g/mol. The maximum Gasteiger partial charge on any atom is 0.258 e. The molecule has 0 aliphatic carbocycles. The molecule has 1 aromatic heterocycles. The number of phenolic OH excluding ortho intramolecular Hbond substituents is 1.